The lowest BCUT2D eigenvalue weighted by Crippen LogP contribution is -2.43. The minimum Gasteiger partial charge on any atom is -0.466 e. The molecule has 0 saturated carbocycles. The first kappa shape index (κ1) is 17.8. The standard InChI is InChI=1S/C17H22FNO3S/c1-3-22-17(21)13-8-10-19(11-9-13)16(20)12(2)23-15-7-5-4-6-14(15)18/h4-7,12-13H,3,8-11H2,1-2H3. The molecular formula is C17H22FNO3S. The van der Waals surface area contributed by atoms with Crippen LogP contribution in [-0.2, 0) is 14.3 Å². The third kappa shape index (κ3) is 4.70. The number of nitrogens with zero attached hydrogens (tertiary/aromatic N) is 1. The molecule has 1 aliphatic heterocycles. The maximum absolute atomic E-state index is 13.7. The van der Waals surface area contributed by atoms with E-state index < -0.39 is 0 Å². The Labute approximate surface area is 140 Å². The van der Waals surface area contributed by atoms with Gasteiger partial charge in [0.15, 0.2) is 0 Å². The molecule has 0 aliphatic carbocycles. The number of thioether (sulfide) groups is 1. The Morgan fingerprint density at radius 3 is 2.61 bits per heavy atom. The zero-order valence-electron chi connectivity index (χ0n) is 13.5. The highest BCUT2D eigenvalue weighted by Gasteiger charge is 2.30. The minimum atomic E-state index is -0.356. The van der Waals surface area contributed by atoms with Crippen molar-refractivity contribution >= 4 is 23.6 Å². The monoisotopic (exact) mass is 339 g/mol. The number of carbonyl (C=O) groups excluding carboxylic acids is 2. The lowest BCUT2D eigenvalue weighted by molar-refractivity contribution is -0.151. The molecule has 4 nitrogen and oxygen atoms in total. The molecule has 1 fully saturated rings. The summed E-state index contributed by atoms with van der Waals surface area (Å²) in [6.07, 6.45) is 1.25. The van der Waals surface area contributed by atoms with Crippen LogP contribution in [0.5, 0.6) is 0 Å². The van der Waals surface area contributed by atoms with Gasteiger partial charge >= 0.3 is 5.97 Å². The Balaban J connectivity index is 1.87. The van der Waals surface area contributed by atoms with Crippen molar-refractivity contribution in [2.45, 2.75) is 36.8 Å². The van der Waals surface area contributed by atoms with Gasteiger partial charge in [-0.3, -0.25) is 9.59 Å². The molecule has 1 saturated heterocycles. The summed E-state index contributed by atoms with van der Waals surface area (Å²) in [4.78, 5) is 26.4. The van der Waals surface area contributed by atoms with Gasteiger partial charge in [0.2, 0.25) is 5.91 Å². The van der Waals surface area contributed by atoms with E-state index in [1.165, 1.54) is 17.8 Å². The van der Waals surface area contributed by atoms with Gasteiger partial charge in [-0.15, -0.1) is 11.8 Å². The molecule has 126 valence electrons. The van der Waals surface area contributed by atoms with Crippen LogP contribution in [0.1, 0.15) is 26.7 Å². The maximum atomic E-state index is 13.7. The summed E-state index contributed by atoms with van der Waals surface area (Å²) in [5.41, 5.74) is 0. The highest BCUT2D eigenvalue weighted by molar-refractivity contribution is 8.00. The molecule has 1 unspecified atom stereocenters. The van der Waals surface area contributed by atoms with Gasteiger partial charge < -0.3 is 9.64 Å². The van der Waals surface area contributed by atoms with Crippen molar-refractivity contribution in [1.29, 1.82) is 0 Å². The summed E-state index contributed by atoms with van der Waals surface area (Å²) in [5, 5.41) is -0.356. The fourth-order valence-corrected chi connectivity index (χ4v) is 3.60. The Kier molecular flexibility index (Phi) is 6.45. The van der Waals surface area contributed by atoms with Gasteiger partial charge in [-0.05, 0) is 38.8 Å². The average Bonchev–Trinajstić information content (AvgIpc) is 2.56. The van der Waals surface area contributed by atoms with Gasteiger partial charge in [-0.25, -0.2) is 4.39 Å². The molecule has 1 amide bonds. The van der Waals surface area contributed by atoms with E-state index in [4.69, 9.17) is 4.74 Å². The van der Waals surface area contributed by atoms with Crippen LogP contribution in [0.25, 0.3) is 0 Å². The number of hydrogen-bond donors (Lipinski definition) is 0. The van der Waals surface area contributed by atoms with Crippen molar-refractivity contribution in [1.82, 2.24) is 4.90 Å². The van der Waals surface area contributed by atoms with Gasteiger partial charge in [0, 0.05) is 18.0 Å². The molecule has 0 N–H and O–H groups in total. The van der Waals surface area contributed by atoms with Crippen LogP contribution < -0.4 is 0 Å². The first-order valence-corrected chi connectivity index (χ1v) is 8.77. The average molecular weight is 339 g/mol. The van der Waals surface area contributed by atoms with E-state index in [-0.39, 0.29) is 28.9 Å². The summed E-state index contributed by atoms with van der Waals surface area (Å²) in [5.74, 6) is -0.611. The van der Waals surface area contributed by atoms with Crippen LogP contribution in [0.15, 0.2) is 29.2 Å². The third-order valence-corrected chi connectivity index (χ3v) is 5.05. The molecule has 6 heteroatoms. The predicted molar refractivity (Wildman–Crippen MR) is 87.7 cm³/mol. The highest BCUT2D eigenvalue weighted by Crippen LogP contribution is 2.28. The van der Waals surface area contributed by atoms with Gasteiger partial charge in [0.25, 0.3) is 0 Å². The number of piperidine rings is 1. The Morgan fingerprint density at radius 1 is 1.35 bits per heavy atom. The lowest BCUT2D eigenvalue weighted by atomic mass is 9.97. The van der Waals surface area contributed by atoms with Crippen LogP contribution in [0, 0.1) is 11.7 Å². The zero-order chi connectivity index (χ0) is 16.8. The van der Waals surface area contributed by atoms with E-state index in [0.29, 0.717) is 37.4 Å². The van der Waals surface area contributed by atoms with E-state index >= 15 is 0 Å². The maximum Gasteiger partial charge on any atom is 0.309 e. The quantitative estimate of drug-likeness (QED) is 0.611. The first-order valence-electron chi connectivity index (χ1n) is 7.89. The van der Waals surface area contributed by atoms with Crippen molar-refractivity contribution in [2.24, 2.45) is 5.92 Å². The molecule has 23 heavy (non-hydrogen) atoms. The molecule has 0 spiro atoms. The second-order valence-electron chi connectivity index (χ2n) is 5.54. The van der Waals surface area contributed by atoms with Crippen LogP contribution in [0.4, 0.5) is 4.39 Å². The summed E-state index contributed by atoms with van der Waals surface area (Å²) < 4.78 is 18.7. The largest absolute Gasteiger partial charge is 0.466 e. The molecule has 2 rings (SSSR count). The van der Waals surface area contributed by atoms with E-state index in [2.05, 4.69) is 0 Å². The van der Waals surface area contributed by atoms with Crippen LogP contribution >= 0.6 is 11.8 Å². The Hall–Kier alpha value is -1.56. The van der Waals surface area contributed by atoms with Crippen LogP contribution in [-0.4, -0.2) is 41.7 Å². The minimum absolute atomic E-state index is 0.0134. The van der Waals surface area contributed by atoms with Crippen molar-refractivity contribution < 1.29 is 18.7 Å². The molecule has 1 aromatic rings. The summed E-state index contributed by atoms with van der Waals surface area (Å²) in [6, 6.07) is 6.46. The third-order valence-electron chi connectivity index (χ3n) is 3.91. The van der Waals surface area contributed by atoms with Crippen molar-refractivity contribution in [3.63, 3.8) is 0 Å². The first-order chi connectivity index (χ1) is 11.0. The highest BCUT2D eigenvalue weighted by atomic mass is 32.2. The SMILES string of the molecule is CCOC(=O)C1CCN(C(=O)C(C)Sc2ccccc2F)CC1. The van der Waals surface area contributed by atoms with E-state index in [0.717, 1.165) is 0 Å². The zero-order valence-corrected chi connectivity index (χ0v) is 14.3. The molecule has 1 heterocycles. The number of esters is 1. The molecule has 0 radical (unpaired) electrons. The van der Waals surface area contributed by atoms with Gasteiger partial charge in [-0.2, -0.15) is 0 Å². The van der Waals surface area contributed by atoms with Gasteiger partial charge in [0.1, 0.15) is 5.82 Å². The number of rotatable bonds is 5. The van der Waals surface area contributed by atoms with E-state index in [1.54, 1.807) is 36.9 Å². The van der Waals surface area contributed by atoms with Crippen LogP contribution in [0.3, 0.4) is 0 Å². The molecule has 1 aromatic carbocycles. The van der Waals surface area contributed by atoms with E-state index in [9.17, 15) is 14.0 Å². The number of benzene rings is 1. The van der Waals surface area contributed by atoms with Gasteiger partial charge in [0.05, 0.1) is 17.8 Å². The Morgan fingerprint density at radius 2 is 2.00 bits per heavy atom. The van der Waals surface area contributed by atoms with Crippen molar-refractivity contribution in [3.05, 3.63) is 30.1 Å². The smallest absolute Gasteiger partial charge is 0.309 e. The number of carbonyl (C=O) groups is 2. The summed E-state index contributed by atoms with van der Waals surface area (Å²) in [6.45, 7) is 5.05. The van der Waals surface area contributed by atoms with Crippen molar-refractivity contribution in [2.75, 3.05) is 19.7 Å². The number of hydrogen-bond acceptors (Lipinski definition) is 4. The van der Waals surface area contributed by atoms with Crippen molar-refractivity contribution in [3.8, 4) is 0 Å². The number of halogens is 1. The normalized spacial score (nSPS) is 16.9. The summed E-state index contributed by atoms with van der Waals surface area (Å²) in [7, 11) is 0. The molecule has 0 bridgehead atoms. The molecule has 1 aliphatic rings. The number of ether oxygens (including phenoxy) is 1. The van der Waals surface area contributed by atoms with Gasteiger partial charge in [-0.1, -0.05) is 12.1 Å². The fraction of sp³-hybridized carbons (Fsp3) is 0.529. The number of amides is 1. The lowest BCUT2D eigenvalue weighted by Gasteiger charge is -2.32. The molecular weight excluding hydrogens is 317 g/mol. The second kappa shape index (κ2) is 8.34. The second-order valence-corrected chi connectivity index (χ2v) is 6.92. The predicted octanol–water partition coefficient (Wildman–Crippen LogP) is 3.11. The topological polar surface area (TPSA) is 46.6 Å². The van der Waals surface area contributed by atoms with E-state index in [1.807, 2.05) is 0 Å². The molecule has 0 aromatic heterocycles. The summed E-state index contributed by atoms with van der Waals surface area (Å²) >= 11 is 1.23. The molecule has 1 atom stereocenters. The number of likely N-dealkylation sites (tertiary alicyclic amines) is 1. The fourth-order valence-electron chi connectivity index (χ4n) is 2.63. The van der Waals surface area contributed by atoms with Crippen LogP contribution in [0.2, 0.25) is 0 Å². The Bertz CT molecular complexity index is 559.